The van der Waals surface area contributed by atoms with Gasteiger partial charge in [-0.1, -0.05) is 6.92 Å². The molecule has 1 fully saturated rings. The van der Waals surface area contributed by atoms with Crippen LogP contribution >= 0.6 is 0 Å². The fourth-order valence-corrected chi connectivity index (χ4v) is 3.89. The number of nitrogens with one attached hydrogen (secondary N) is 1. The molecule has 1 atom stereocenters. The summed E-state index contributed by atoms with van der Waals surface area (Å²) in [7, 11) is 1.57. The number of likely N-dealkylation sites (tertiary alicyclic amines) is 1. The molecule has 6 heteroatoms. The maximum atomic E-state index is 12.4. The third-order valence-electron chi connectivity index (χ3n) is 5.54. The van der Waals surface area contributed by atoms with Crippen molar-refractivity contribution in [3.8, 4) is 5.75 Å². The normalized spacial score (nSPS) is 17.4. The van der Waals surface area contributed by atoms with Gasteiger partial charge in [0.25, 0.3) is 0 Å². The number of aryl methyl sites for hydroxylation is 1. The molecule has 0 radical (unpaired) electrons. The van der Waals surface area contributed by atoms with Crippen LogP contribution in [0.2, 0.25) is 0 Å². The first-order chi connectivity index (χ1) is 13.0. The van der Waals surface area contributed by atoms with Crippen molar-refractivity contribution in [1.29, 1.82) is 0 Å². The smallest absolute Gasteiger partial charge is 0.339 e. The van der Waals surface area contributed by atoms with E-state index in [9.17, 15) is 9.59 Å². The van der Waals surface area contributed by atoms with E-state index in [1.54, 1.807) is 13.2 Å². The lowest BCUT2D eigenvalue weighted by molar-refractivity contribution is -0.121. The third kappa shape index (κ3) is 4.33. The minimum absolute atomic E-state index is 0.0217. The highest BCUT2D eigenvalue weighted by molar-refractivity contribution is 5.82. The number of rotatable bonds is 7. The second-order valence-electron chi connectivity index (χ2n) is 7.08. The fraction of sp³-hybridized carbons (Fsp3) is 0.524. The minimum atomic E-state index is -0.381. The van der Waals surface area contributed by atoms with Crippen LogP contribution in [-0.2, 0) is 11.2 Å². The molecule has 1 saturated heterocycles. The summed E-state index contributed by atoms with van der Waals surface area (Å²) in [6, 6.07) is 5.87. The zero-order valence-corrected chi connectivity index (χ0v) is 16.3. The Bertz CT molecular complexity index is 874. The molecule has 1 aliphatic heterocycles. The lowest BCUT2D eigenvalue weighted by Crippen LogP contribution is -2.40. The van der Waals surface area contributed by atoms with Gasteiger partial charge in [0.15, 0.2) is 0 Å². The number of hydrogen-bond acceptors (Lipinski definition) is 5. The van der Waals surface area contributed by atoms with Crippen LogP contribution in [0, 0.1) is 6.92 Å². The van der Waals surface area contributed by atoms with Crippen LogP contribution in [0.3, 0.4) is 0 Å². The van der Waals surface area contributed by atoms with Crippen molar-refractivity contribution in [1.82, 2.24) is 10.2 Å². The number of nitrogens with zero attached hydrogens (tertiary/aromatic N) is 1. The molecule has 6 nitrogen and oxygen atoms in total. The van der Waals surface area contributed by atoms with Crippen molar-refractivity contribution in [2.45, 2.75) is 45.6 Å². The van der Waals surface area contributed by atoms with Gasteiger partial charge in [-0.05, 0) is 57.0 Å². The number of benzene rings is 1. The van der Waals surface area contributed by atoms with Gasteiger partial charge in [0.05, 0.1) is 7.11 Å². The summed E-state index contributed by atoms with van der Waals surface area (Å²) in [5.74, 6) is 0.622. The van der Waals surface area contributed by atoms with Gasteiger partial charge >= 0.3 is 5.63 Å². The Morgan fingerprint density at radius 2 is 2.22 bits per heavy atom. The summed E-state index contributed by atoms with van der Waals surface area (Å²) in [5, 5.41) is 3.89. The first-order valence-corrected chi connectivity index (χ1v) is 9.64. The van der Waals surface area contributed by atoms with Crippen LogP contribution in [0.1, 0.15) is 37.3 Å². The first kappa shape index (κ1) is 19.4. The van der Waals surface area contributed by atoms with E-state index in [4.69, 9.17) is 9.15 Å². The Hall–Kier alpha value is -2.34. The lowest BCUT2D eigenvalue weighted by Gasteiger charge is -2.22. The average molecular weight is 372 g/mol. The molecule has 1 aromatic heterocycles. The fourth-order valence-electron chi connectivity index (χ4n) is 3.89. The molecule has 1 aliphatic rings. The van der Waals surface area contributed by atoms with Crippen LogP contribution in [-0.4, -0.2) is 43.6 Å². The van der Waals surface area contributed by atoms with Gasteiger partial charge in [-0.3, -0.25) is 9.69 Å². The van der Waals surface area contributed by atoms with Gasteiger partial charge in [-0.2, -0.15) is 0 Å². The number of ether oxygens (including phenoxy) is 1. The summed E-state index contributed by atoms with van der Waals surface area (Å²) >= 11 is 0. The standard InChI is InChI=1S/C21H28N2O4/c1-4-23-11-5-6-15(23)13-22-20(24)10-9-18-14(2)17-8-7-16(26-3)12-19(17)27-21(18)25/h7-8,12,15H,4-6,9-11,13H2,1-3H3,(H,22,24). The third-order valence-corrected chi connectivity index (χ3v) is 5.54. The number of amides is 1. The van der Waals surface area contributed by atoms with E-state index < -0.39 is 0 Å². The molecule has 0 spiro atoms. The van der Waals surface area contributed by atoms with Crippen molar-refractivity contribution in [2.75, 3.05) is 26.7 Å². The SMILES string of the molecule is CCN1CCCC1CNC(=O)CCc1c(C)c2ccc(OC)cc2oc1=O. The highest BCUT2D eigenvalue weighted by Crippen LogP contribution is 2.24. The van der Waals surface area contributed by atoms with E-state index >= 15 is 0 Å². The molecular weight excluding hydrogens is 344 g/mol. The zero-order chi connectivity index (χ0) is 19.4. The molecule has 146 valence electrons. The maximum absolute atomic E-state index is 12.4. The second kappa shape index (κ2) is 8.57. The van der Waals surface area contributed by atoms with E-state index in [0.717, 1.165) is 30.5 Å². The number of likely N-dealkylation sites (N-methyl/N-ethyl adjacent to an activating group) is 1. The molecule has 1 N–H and O–H groups in total. The molecule has 0 saturated carbocycles. The van der Waals surface area contributed by atoms with Crippen molar-refractivity contribution in [2.24, 2.45) is 0 Å². The van der Waals surface area contributed by atoms with Crippen molar-refractivity contribution in [3.05, 3.63) is 39.7 Å². The number of methoxy groups -OCH3 is 1. The molecule has 1 aromatic carbocycles. The Kier molecular flexibility index (Phi) is 6.16. The number of fused-ring (bicyclic) bond motifs is 1. The second-order valence-corrected chi connectivity index (χ2v) is 7.08. The molecule has 2 heterocycles. The molecule has 1 unspecified atom stereocenters. The van der Waals surface area contributed by atoms with E-state index in [2.05, 4.69) is 17.1 Å². The lowest BCUT2D eigenvalue weighted by atomic mass is 10.0. The first-order valence-electron chi connectivity index (χ1n) is 9.64. The Morgan fingerprint density at radius 1 is 1.41 bits per heavy atom. The molecule has 0 aliphatic carbocycles. The predicted molar refractivity (Wildman–Crippen MR) is 105 cm³/mol. The monoisotopic (exact) mass is 372 g/mol. The molecule has 3 rings (SSSR count). The van der Waals surface area contributed by atoms with Crippen LogP contribution in [0.25, 0.3) is 11.0 Å². The summed E-state index contributed by atoms with van der Waals surface area (Å²) < 4.78 is 10.6. The van der Waals surface area contributed by atoms with Crippen LogP contribution in [0.15, 0.2) is 27.4 Å². The van der Waals surface area contributed by atoms with Crippen molar-refractivity contribution in [3.63, 3.8) is 0 Å². The van der Waals surface area contributed by atoms with Crippen LogP contribution in [0.4, 0.5) is 0 Å². The Labute approximate surface area is 159 Å². The van der Waals surface area contributed by atoms with Gasteiger partial charge in [0.2, 0.25) is 5.91 Å². The van der Waals surface area contributed by atoms with Crippen LogP contribution in [0.5, 0.6) is 5.75 Å². The van der Waals surface area contributed by atoms with Gasteiger partial charge in [-0.25, -0.2) is 4.79 Å². The van der Waals surface area contributed by atoms with Gasteiger partial charge in [-0.15, -0.1) is 0 Å². The average Bonchev–Trinajstić information content (AvgIpc) is 3.13. The van der Waals surface area contributed by atoms with Crippen LogP contribution < -0.4 is 15.7 Å². The Balaban J connectivity index is 1.64. The van der Waals surface area contributed by atoms with Crippen molar-refractivity contribution < 1.29 is 13.9 Å². The van der Waals surface area contributed by atoms with Gasteiger partial charge in [0.1, 0.15) is 11.3 Å². The highest BCUT2D eigenvalue weighted by atomic mass is 16.5. The molecule has 27 heavy (non-hydrogen) atoms. The van der Waals surface area contributed by atoms with Gasteiger partial charge < -0.3 is 14.5 Å². The zero-order valence-electron chi connectivity index (χ0n) is 16.3. The number of hydrogen-bond donors (Lipinski definition) is 1. The van der Waals surface area contributed by atoms with E-state index in [1.807, 2.05) is 19.1 Å². The summed E-state index contributed by atoms with van der Waals surface area (Å²) in [6.07, 6.45) is 2.98. The molecular formula is C21H28N2O4. The molecule has 0 bridgehead atoms. The summed E-state index contributed by atoms with van der Waals surface area (Å²) in [5.41, 5.74) is 1.56. The van der Waals surface area contributed by atoms with Gasteiger partial charge in [0, 0.05) is 36.0 Å². The number of carbonyl (C=O) groups excluding carboxylic acids is 1. The molecule has 1 amide bonds. The Morgan fingerprint density at radius 3 is 2.96 bits per heavy atom. The minimum Gasteiger partial charge on any atom is -0.497 e. The largest absolute Gasteiger partial charge is 0.497 e. The van der Waals surface area contributed by atoms with E-state index in [-0.39, 0.29) is 18.0 Å². The predicted octanol–water partition coefficient (Wildman–Crippen LogP) is 2.64. The quantitative estimate of drug-likeness (QED) is 0.757. The summed E-state index contributed by atoms with van der Waals surface area (Å²) in [4.78, 5) is 27.0. The topological polar surface area (TPSA) is 71.8 Å². The van der Waals surface area contributed by atoms with E-state index in [0.29, 0.717) is 35.9 Å². The van der Waals surface area contributed by atoms with E-state index in [1.165, 1.54) is 6.42 Å². The highest BCUT2D eigenvalue weighted by Gasteiger charge is 2.23. The molecule has 2 aromatic rings. The van der Waals surface area contributed by atoms with Crippen molar-refractivity contribution >= 4 is 16.9 Å². The summed E-state index contributed by atoms with van der Waals surface area (Å²) in [6.45, 7) is 6.85. The number of carbonyl (C=O) groups is 1. The maximum Gasteiger partial charge on any atom is 0.339 e.